The summed E-state index contributed by atoms with van der Waals surface area (Å²) in [4.78, 5) is 11.3. The van der Waals surface area contributed by atoms with Crippen molar-refractivity contribution >= 4 is 5.91 Å². The zero-order valence-electron chi connectivity index (χ0n) is 9.80. The van der Waals surface area contributed by atoms with Crippen LogP contribution in [0.4, 0.5) is 0 Å². The molecule has 1 amide bonds. The summed E-state index contributed by atoms with van der Waals surface area (Å²) in [6.45, 7) is 2.99. The van der Waals surface area contributed by atoms with Crippen molar-refractivity contribution in [1.29, 1.82) is 0 Å². The van der Waals surface area contributed by atoms with Crippen molar-refractivity contribution in [2.75, 3.05) is 6.54 Å². The molecule has 0 saturated heterocycles. The van der Waals surface area contributed by atoms with Gasteiger partial charge in [-0.15, -0.1) is 0 Å². The van der Waals surface area contributed by atoms with Gasteiger partial charge in [-0.3, -0.25) is 4.79 Å². The van der Waals surface area contributed by atoms with E-state index in [0.717, 1.165) is 31.7 Å². The molecule has 0 aliphatic heterocycles. The van der Waals surface area contributed by atoms with Crippen molar-refractivity contribution in [3.05, 3.63) is 12.2 Å². The van der Waals surface area contributed by atoms with E-state index in [0.29, 0.717) is 6.42 Å². The van der Waals surface area contributed by atoms with E-state index in [1.54, 1.807) is 0 Å². The Morgan fingerprint density at radius 3 is 2.80 bits per heavy atom. The minimum Gasteiger partial charge on any atom is -0.356 e. The van der Waals surface area contributed by atoms with Gasteiger partial charge in [-0.25, -0.2) is 0 Å². The third-order valence-corrected chi connectivity index (χ3v) is 2.93. The maximum absolute atomic E-state index is 11.3. The number of amides is 1. The largest absolute Gasteiger partial charge is 0.356 e. The number of hydrogen-bond donors (Lipinski definition) is 1. The van der Waals surface area contributed by atoms with Crippen LogP contribution in [-0.2, 0) is 4.79 Å². The van der Waals surface area contributed by atoms with E-state index < -0.39 is 0 Å². The fourth-order valence-electron chi connectivity index (χ4n) is 1.73. The number of hydrogen-bond acceptors (Lipinski definition) is 1. The first-order valence-corrected chi connectivity index (χ1v) is 6.26. The lowest BCUT2D eigenvalue weighted by molar-refractivity contribution is -0.121. The Balaban J connectivity index is 1.85. The van der Waals surface area contributed by atoms with E-state index in [2.05, 4.69) is 24.4 Å². The third kappa shape index (κ3) is 5.60. The van der Waals surface area contributed by atoms with Crippen LogP contribution in [0.1, 0.15) is 51.9 Å². The normalized spacial score (nSPS) is 18.6. The van der Waals surface area contributed by atoms with Gasteiger partial charge >= 0.3 is 0 Å². The maximum atomic E-state index is 11.3. The second-order valence-corrected chi connectivity index (χ2v) is 4.37. The molecular formula is C13H23NO. The van der Waals surface area contributed by atoms with Crippen molar-refractivity contribution < 1.29 is 4.79 Å². The molecule has 0 saturated carbocycles. The van der Waals surface area contributed by atoms with Crippen LogP contribution in [0.2, 0.25) is 0 Å². The average Bonchev–Trinajstić information content (AvgIpc) is 2.15. The standard InChI is InChI=1S/C13H23NO/c1-2-3-11-14-13(15)10-5-4-7-12-8-6-9-12/h6,8,12H,2-5,7,9-11H2,1H3,(H,14,15). The molecular weight excluding hydrogens is 186 g/mol. The summed E-state index contributed by atoms with van der Waals surface area (Å²) < 4.78 is 0. The quantitative estimate of drug-likeness (QED) is 0.483. The van der Waals surface area contributed by atoms with Crippen LogP contribution in [-0.4, -0.2) is 12.5 Å². The van der Waals surface area contributed by atoms with Gasteiger partial charge in [0.25, 0.3) is 0 Å². The van der Waals surface area contributed by atoms with Crippen molar-refractivity contribution in [3.8, 4) is 0 Å². The van der Waals surface area contributed by atoms with Crippen LogP contribution in [0.5, 0.6) is 0 Å². The highest BCUT2D eigenvalue weighted by atomic mass is 16.1. The monoisotopic (exact) mass is 209 g/mol. The molecule has 1 aliphatic carbocycles. The Labute approximate surface area is 93.1 Å². The molecule has 86 valence electrons. The molecule has 15 heavy (non-hydrogen) atoms. The van der Waals surface area contributed by atoms with Gasteiger partial charge < -0.3 is 5.32 Å². The molecule has 0 aromatic rings. The van der Waals surface area contributed by atoms with Gasteiger partial charge in [-0.05, 0) is 31.6 Å². The Morgan fingerprint density at radius 1 is 1.40 bits per heavy atom. The zero-order valence-corrected chi connectivity index (χ0v) is 9.80. The molecule has 0 aromatic heterocycles. The molecule has 2 nitrogen and oxygen atoms in total. The number of allylic oxidation sites excluding steroid dienone is 2. The fraction of sp³-hybridized carbons (Fsp3) is 0.769. The molecule has 0 fully saturated rings. The van der Waals surface area contributed by atoms with Gasteiger partial charge in [-0.1, -0.05) is 31.9 Å². The van der Waals surface area contributed by atoms with E-state index in [-0.39, 0.29) is 5.91 Å². The number of carbonyl (C=O) groups excluding carboxylic acids is 1. The minimum atomic E-state index is 0.229. The van der Waals surface area contributed by atoms with Gasteiger partial charge in [-0.2, -0.15) is 0 Å². The third-order valence-electron chi connectivity index (χ3n) is 2.93. The van der Waals surface area contributed by atoms with Crippen LogP contribution in [0.25, 0.3) is 0 Å². The Kier molecular flexibility index (Phi) is 6.14. The lowest BCUT2D eigenvalue weighted by Crippen LogP contribution is -2.23. The Hall–Kier alpha value is -0.790. The number of rotatable bonds is 8. The summed E-state index contributed by atoms with van der Waals surface area (Å²) in [5.41, 5.74) is 0. The first-order valence-electron chi connectivity index (χ1n) is 6.26. The molecule has 0 bridgehead atoms. The predicted molar refractivity (Wildman–Crippen MR) is 63.6 cm³/mol. The molecule has 1 atom stereocenters. The van der Waals surface area contributed by atoms with E-state index in [9.17, 15) is 4.79 Å². The van der Waals surface area contributed by atoms with Gasteiger partial charge in [0.05, 0.1) is 0 Å². The summed E-state index contributed by atoms with van der Waals surface area (Å²) in [6, 6.07) is 0. The van der Waals surface area contributed by atoms with Gasteiger partial charge in [0.1, 0.15) is 0 Å². The van der Waals surface area contributed by atoms with Crippen LogP contribution < -0.4 is 5.32 Å². The van der Waals surface area contributed by atoms with Crippen molar-refractivity contribution in [1.82, 2.24) is 5.32 Å². The zero-order chi connectivity index (χ0) is 10.9. The van der Waals surface area contributed by atoms with Crippen LogP contribution >= 0.6 is 0 Å². The molecule has 0 radical (unpaired) electrons. The van der Waals surface area contributed by atoms with E-state index in [1.807, 2.05) is 0 Å². The maximum Gasteiger partial charge on any atom is 0.219 e. The fourth-order valence-corrected chi connectivity index (χ4v) is 1.73. The highest BCUT2D eigenvalue weighted by molar-refractivity contribution is 5.75. The summed E-state index contributed by atoms with van der Waals surface area (Å²) in [5, 5.41) is 2.95. The van der Waals surface area contributed by atoms with Crippen molar-refractivity contribution in [2.24, 2.45) is 5.92 Å². The number of unbranched alkanes of at least 4 members (excludes halogenated alkanes) is 2. The second-order valence-electron chi connectivity index (χ2n) is 4.37. The SMILES string of the molecule is CCCCNC(=O)CCCCC1C=CC1. The van der Waals surface area contributed by atoms with E-state index in [1.165, 1.54) is 19.3 Å². The van der Waals surface area contributed by atoms with Crippen LogP contribution in [0, 0.1) is 5.92 Å². The van der Waals surface area contributed by atoms with E-state index in [4.69, 9.17) is 0 Å². The summed E-state index contributed by atoms with van der Waals surface area (Å²) >= 11 is 0. The molecule has 1 aliphatic rings. The van der Waals surface area contributed by atoms with Gasteiger partial charge in [0.15, 0.2) is 0 Å². The molecule has 1 rings (SSSR count). The molecule has 0 spiro atoms. The first-order chi connectivity index (χ1) is 7.33. The Morgan fingerprint density at radius 2 is 2.20 bits per heavy atom. The minimum absolute atomic E-state index is 0.229. The second kappa shape index (κ2) is 7.49. The number of nitrogens with one attached hydrogen (secondary N) is 1. The Bertz CT molecular complexity index is 211. The van der Waals surface area contributed by atoms with Crippen LogP contribution in [0.15, 0.2) is 12.2 Å². The highest BCUT2D eigenvalue weighted by Gasteiger charge is 2.09. The molecule has 0 aromatic carbocycles. The molecule has 1 unspecified atom stereocenters. The summed E-state index contributed by atoms with van der Waals surface area (Å²) in [5.74, 6) is 1.04. The van der Waals surface area contributed by atoms with Crippen LogP contribution in [0.3, 0.4) is 0 Å². The predicted octanol–water partition coefficient (Wildman–Crippen LogP) is 3.04. The highest BCUT2D eigenvalue weighted by Crippen LogP contribution is 2.22. The first kappa shape index (κ1) is 12.3. The lowest BCUT2D eigenvalue weighted by Gasteiger charge is -2.16. The average molecular weight is 209 g/mol. The summed E-state index contributed by atoms with van der Waals surface area (Å²) in [6.07, 6.45) is 12.2. The van der Waals surface area contributed by atoms with Crippen molar-refractivity contribution in [2.45, 2.75) is 51.9 Å². The smallest absolute Gasteiger partial charge is 0.219 e. The van der Waals surface area contributed by atoms with Gasteiger partial charge in [0.2, 0.25) is 5.91 Å². The molecule has 2 heteroatoms. The molecule has 1 N–H and O–H groups in total. The topological polar surface area (TPSA) is 29.1 Å². The van der Waals surface area contributed by atoms with E-state index >= 15 is 0 Å². The lowest BCUT2D eigenvalue weighted by atomic mass is 9.90. The summed E-state index contributed by atoms with van der Waals surface area (Å²) in [7, 11) is 0. The van der Waals surface area contributed by atoms with Gasteiger partial charge in [0, 0.05) is 13.0 Å². The molecule has 0 heterocycles. The number of carbonyl (C=O) groups is 1. The van der Waals surface area contributed by atoms with Crippen molar-refractivity contribution in [3.63, 3.8) is 0 Å².